The van der Waals surface area contributed by atoms with E-state index < -0.39 is 0 Å². The summed E-state index contributed by atoms with van der Waals surface area (Å²) >= 11 is 0. The summed E-state index contributed by atoms with van der Waals surface area (Å²) in [6.45, 7) is 7.03. The van der Waals surface area contributed by atoms with Crippen LogP contribution in [-0.4, -0.2) is 35.4 Å². The molecule has 0 radical (unpaired) electrons. The zero-order valence-corrected chi connectivity index (χ0v) is 12.9. The fourth-order valence-corrected chi connectivity index (χ4v) is 1.92. The lowest BCUT2D eigenvalue weighted by atomic mass is 10.00. The molecule has 0 aromatic heterocycles. The summed E-state index contributed by atoms with van der Waals surface area (Å²) in [5.74, 6) is -0.529. The monoisotopic (exact) mass is 295 g/mol. The summed E-state index contributed by atoms with van der Waals surface area (Å²) in [7, 11) is 0. The molecule has 1 amide bonds. The molecule has 0 aliphatic heterocycles. The largest absolute Gasteiger partial charge is 0.504 e. The highest BCUT2D eigenvalue weighted by molar-refractivity contribution is 5.78. The molecule has 1 aromatic carbocycles. The van der Waals surface area contributed by atoms with Gasteiger partial charge in [0, 0.05) is 19.1 Å². The van der Waals surface area contributed by atoms with E-state index in [2.05, 4.69) is 5.32 Å². The van der Waals surface area contributed by atoms with Crippen LogP contribution in [0.15, 0.2) is 18.2 Å². The first-order valence-electron chi connectivity index (χ1n) is 7.30. The van der Waals surface area contributed by atoms with Crippen LogP contribution in [0.4, 0.5) is 0 Å². The average molecular weight is 295 g/mol. The van der Waals surface area contributed by atoms with Crippen LogP contribution in [-0.2, 0) is 16.0 Å². The molecule has 0 heterocycles. The van der Waals surface area contributed by atoms with E-state index in [-0.39, 0.29) is 29.4 Å². The van der Waals surface area contributed by atoms with Crippen molar-refractivity contribution in [2.75, 3.05) is 13.2 Å². The number of carbonyl (C=O) groups is 1. The number of phenols is 2. The summed E-state index contributed by atoms with van der Waals surface area (Å²) in [5.41, 5.74) is 0.816. The van der Waals surface area contributed by atoms with Gasteiger partial charge < -0.3 is 20.3 Å². The smallest absolute Gasteiger partial charge is 0.223 e. The summed E-state index contributed by atoms with van der Waals surface area (Å²) in [6, 6.07) is 4.61. The normalized spacial score (nSPS) is 12.4. The van der Waals surface area contributed by atoms with E-state index in [1.54, 1.807) is 6.07 Å². The van der Waals surface area contributed by atoms with E-state index in [1.165, 1.54) is 12.1 Å². The van der Waals surface area contributed by atoms with E-state index in [4.69, 9.17) is 4.74 Å². The number of nitrogens with one attached hydrogen (secondary N) is 1. The maximum absolute atomic E-state index is 11.9. The molecule has 0 fully saturated rings. The molecule has 1 atom stereocenters. The second-order valence-electron chi connectivity index (χ2n) is 5.49. The highest BCUT2D eigenvalue weighted by atomic mass is 16.5. The minimum absolute atomic E-state index is 0.0212. The van der Waals surface area contributed by atoms with Crippen molar-refractivity contribution < 1.29 is 19.7 Å². The van der Waals surface area contributed by atoms with Crippen molar-refractivity contribution in [3.05, 3.63) is 23.8 Å². The molecule has 5 heteroatoms. The van der Waals surface area contributed by atoms with Crippen LogP contribution in [0.5, 0.6) is 11.5 Å². The van der Waals surface area contributed by atoms with Gasteiger partial charge in [-0.15, -0.1) is 0 Å². The van der Waals surface area contributed by atoms with Gasteiger partial charge in [-0.3, -0.25) is 4.79 Å². The molecule has 0 bridgehead atoms. The molecule has 1 aromatic rings. The number of amides is 1. The van der Waals surface area contributed by atoms with Gasteiger partial charge in [0.25, 0.3) is 0 Å². The second kappa shape index (κ2) is 8.52. The number of aromatic hydroxyl groups is 2. The first-order chi connectivity index (χ1) is 9.90. The van der Waals surface area contributed by atoms with Gasteiger partial charge in [-0.1, -0.05) is 13.0 Å². The summed E-state index contributed by atoms with van der Waals surface area (Å²) in [4.78, 5) is 11.9. The SMILES string of the molecule is CC(C)OCCCNC(=O)C(C)Cc1ccc(O)c(O)c1. The van der Waals surface area contributed by atoms with E-state index in [0.29, 0.717) is 19.6 Å². The van der Waals surface area contributed by atoms with Gasteiger partial charge in [-0.2, -0.15) is 0 Å². The minimum Gasteiger partial charge on any atom is -0.504 e. The second-order valence-corrected chi connectivity index (χ2v) is 5.49. The molecule has 21 heavy (non-hydrogen) atoms. The molecule has 0 spiro atoms. The molecule has 0 saturated carbocycles. The topological polar surface area (TPSA) is 78.8 Å². The minimum atomic E-state index is -0.194. The first-order valence-corrected chi connectivity index (χ1v) is 7.30. The molecule has 0 saturated heterocycles. The number of ether oxygens (including phenoxy) is 1. The Balaban J connectivity index is 2.32. The molecular formula is C16H25NO4. The number of hydrogen-bond donors (Lipinski definition) is 3. The quantitative estimate of drug-likeness (QED) is 0.507. The number of benzene rings is 1. The summed E-state index contributed by atoms with van der Waals surface area (Å²) in [6.07, 6.45) is 1.51. The fourth-order valence-electron chi connectivity index (χ4n) is 1.92. The standard InChI is InChI=1S/C16H25NO4/c1-11(2)21-8-4-7-17-16(20)12(3)9-13-5-6-14(18)15(19)10-13/h5-6,10-12,18-19H,4,7-9H2,1-3H3,(H,17,20). The van der Waals surface area contributed by atoms with Crippen LogP contribution in [0.25, 0.3) is 0 Å². The van der Waals surface area contributed by atoms with Crippen molar-refractivity contribution in [1.29, 1.82) is 0 Å². The van der Waals surface area contributed by atoms with Gasteiger partial charge >= 0.3 is 0 Å². The lowest BCUT2D eigenvalue weighted by Gasteiger charge is -2.13. The Hall–Kier alpha value is -1.75. The first kappa shape index (κ1) is 17.3. The number of carbonyl (C=O) groups excluding carboxylic acids is 1. The highest BCUT2D eigenvalue weighted by Crippen LogP contribution is 2.25. The lowest BCUT2D eigenvalue weighted by Crippen LogP contribution is -2.31. The third-order valence-electron chi connectivity index (χ3n) is 3.10. The Bertz CT molecular complexity index is 460. The van der Waals surface area contributed by atoms with Crippen molar-refractivity contribution in [2.24, 2.45) is 5.92 Å². The van der Waals surface area contributed by atoms with Crippen LogP contribution < -0.4 is 5.32 Å². The van der Waals surface area contributed by atoms with Crippen LogP contribution in [0, 0.1) is 5.92 Å². The molecular weight excluding hydrogens is 270 g/mol. The van der Waals surface area contributed by atoms with Gasteiger partial charge in [0.1, 0.15) is 0 Å². The van der Waals surface area contributed by atoms with Gasteiger partial charge in [0.05, 0.1) is 6.10 Å². The molecule has 0 aliphatic rings. The van der Waals surface area contributed by atoms with Crippen LogP contribution in [0.1, 0.15) is 32.8 Å². The Labute approximate surface area is 125 Å². The zero-order valence-electron chi connectivity index (χ0n) is 12.9. The third kappa shape index (κ3) is 6.49. The van der Waals surface area contributed by atoms with Crippen LogP contribution in [0.2, 0.25) is 0 Å². The Kier molecular flexibility index (Phi) is 7.02. The van der Waals surface area contributed by atoms with Gasteiger partial charge in [-0.05, 0) is 44.4 Å². The van der Waals surface area contributed by atoms with Gasteiger partial charge in [-0.25, -0.2) is 0 Å². The zero-order chi connectivity index (χ0) is 15.8. The average Bonchev–Trinajstić information content (AvgIpc) is 2.42. The number of rotatable bonds is 8. The van der Waals surface area contributed by atoms with Crippen molar-refractivity contribution in [1.82, 2.24) is 5.32 Å². The van der Waals surface area contributed by atoms with Gasteiger partial charge in [0.15, 0.2) is 11.5 Å². The van der Waals surface area contributed by atoms with Crippen LogP contribution >= 0.6 is 0 Å². The molecule has 0 aliphatic carbocycles. The van der Waals surface area contributed by atoms with Crippen LogP contribution in [0.3, 0.4) is 0 Å². The van der Waals surface area contributed by atoms with Crippen molar-refractivity contribution in [3.63, 3.8) is 0 Å². The van der Waals surface area contributed by atoms with Crippen molar-refractivity contribution in [2.45, 2.75) is 39.7 Å². The summed E-state index contributed by atoms with van der Waals surface area (Å²) < 4.78 is 5.40. The van der Waals surface area contributed by atoms with Crippen molar-refractivity contribution in [3.8, 4) is 11.5 Å². The number of phenolic OH excluding ortho intramolecular Hbond substituents is 2. The van der Waals surface area contributed by atoms with Crippen molar-refractivity contribution >= 4 is 5.91 Å². The lowest BCUT2D eigenvalue weighted by molar-refractivity contribution is -0.124. The highest BCUT2D eigenvalue weighted by Gasteiger charge is 2.13. The maximum Gasteiger partial charge on any atom is 0.223 e. The Morgan fingerprint density at radius 2 is 1.95 bits per heavy atom. The number of hydrogen-bond acceptors (Lipinski definition) is 4. The molecule has 1 rings (SSSR count). The van der Waals surface area contributed by atoms with E-state index in [0.717, 1.165) is 12.0 Å². The molecule has 3 N–H and O–H groups in total. The third-order valence-corrected chi connectivity index (χ3v) is 3.10. The maximum atomic E-state index is 11.9. The van der Waals surface area contributed by atoms with E-state index in [1.807, 2.05) is 20.8 Å². The Morgan fingerprint density at radius 3 is 2.57 bits per heavy atom. The molecule has 5 nitrogen and oxygen atoms in total. The molecule has 1 unspecified atom stereocenters. The summed E-state index contributed by atoms with van der Waals surface area (Å²) in [5, 5.41) is 21.6. The predicted octanol–water partition coefficient (Wildman–Crippen LogP) is 2.21. The van der Waals surface area contributed by atoms with E-state index >= 15 is 0 Å². The fraction of sp³-hybridized carbons (Fsp3) is 0.562. The predicted molar refractivity (Wildman–Crippen MR) is 81.4 cm³/mol. The van der Waals surface area contributed by atoms with Gasteiger partial charge in [0.2, 0.25) is 5.91 Å². The molecule has 118 valence electrons. The van der Waals surface area contributed by atoms with E-state index in [9.17, 15) is 15.0 Å². The Morgan fingerprint density at radius 1 is 1.24 bits per heavy atom.